The Balaban J connectivity index is 1.63. The first kappa shape index (κ1) is 13.1. The zero-order chi connectivity index (χ0) is 13.1. The smallest absolute Gasteiger partial charge is 0.0793 e. The van der Waals surface area contributed by atoms with Crippen molar-refractivity contribution in [2.75, 3.05) is 6.61 Å². The van der Waals surface area contributed by atoms with Gasteiger partial charge in [-0.1, -0.05) is 30.7 Å². The maximum absolute atomic E-state index is 10.5. The average molecular weight is 260 g/mol. The molecule has 3 rings (SSSR count). The highest BCUT2D eigenvalue weighted by Crippen LogP contribution is 2.40. The van der Waals surface area contributed by atoms with Crippen molar-refractivity contribution in [2.45, 2.75) is 63.1 Å². The molecule has 2 aliphatic rings. The monoisotopic (exact) mass is 260 g/mol. The van der Waals surface area contributed by atoms with E-state index in [-0.39, 0.29) is 6.10 Å². The van der Waals surface area contributed by atoms with Crippen LogP contribution in [0.25, 0.3) is 0 Å². The Hall–Kier alpha value is -0.860. The van der Waals surface area contributed by atoms with Crippen LogP contribution < -0.4 is 0 Å². The summed E-state index contributed by atoms with van der Waals surface area (Å²) in [6, 6.07) is 8.46. The lowest BCUT2D eigenvalue weighted by atomic mass is 9.77. The molecule has 1 saturated heterocycles. The average Bonchev–Trinajstić information content (AvgIpc) is 2.88. The summed E-state index contributed by atoms with van der Waals surface area (Å²) in [5.41, 5.74) is 2.54. The lowest BCUT2D eigenvalue weighted by Crippen LogP contribution is -2.14. The van der Waals surface area contributed by atoms with Crippen LogP contribution in [0.3, 0.4) is 0 Å². The van der Waals surface area contributed by atoms with E-state index in [9.17, 15) is 5.11 Å². The number of aliphatic hydroxyl groups is 1. The number of rotatable bonds is 5. The van der Waals surface area contributed by atoms with E-state index in [1.165, 1.54) is 31.2 Å². The van der Waals surface area contributed by atoms with Crippen LogP contribution in [0.1, 0.15) is 68.1 Å². The van der Waals surface area contributed by atoms with E-state index in [0.29, 0.717) is 12.0 Å². The van der Waals surface area contributed by atoms with Crippen LogP contribution in [0, 0.1) is 0 Å². The van der Waals surface area contributed by atoms with Crippen LogP contribution in [0.4, 0.5) is 0 Å². The van der Waals surface area contributed by atoms with E-state index in [1.54, 1.807) is 0 Å². The van der Waals surface area contributed by atoms with Crippen LogP contribution in [-0.4, -0.2) is 17.8 Å². The third-order valence-corrected chi connectivity index (χ3v) is 4.69. The van der Waals surface area contributed by atoms with Gasteiger partial charge in [0.2, 0.25) is 0 Å². The van der Waals surface area contributed by atoms with Crippen LogP contribution in [0.5, 0.6) is 0 Å². The second kappa shape index (κ2) is 6.06. The molecular formula is C17H24O2. The maximum atomic E-state index is 10.5. The fraction of sp³-hybridized carbons (Fsp3) is 0.647. The number of aliphatic hydroxyl groups excluding tert-OH is 1. The highest BCUT2D eigenvalue weighted by atomic mass is 16.5. The first-order chi connectivity index (χ1) is 9.34. The van der Waals surface area contributed by atoms with Gasteiger partial charge in [-0.05, 0) is 55.6 Å². The van der Waals surface area contributed by atoms with Gasteiger partial charge in [-0.25, -0.2) is 0 Å². The normalized spacial score (nSPS) is 25.2. The Morgan fingerprint density at radius 3 is 2.68 bits per heavy atom. The highest BCUT2D eigenvalue weighted by Gasteiger charge is 2.25. The molecule has 0 spiro atoms. The third-order valence-electron chi connectivity index (χ3n) is 4.69. The molecule has 1 heterocycles. The van der Waals surface area contributed by atoms with Gasteiger partial charge in [0.15, 0.2) is 0 Å². The Morgan fingerprint density at radius 1 is 1.16 bits per heavy atom. The van der Waals surface area contributed by atoms with Crippen molar-refractivity contribution in [3.8, 4) is 0 Å². The summed E-state index contributed by atoms with van der Waals surface area (Å²) in [5.74, 6) is 0.689. The van der Waals surface area contributed by atoms with E-state index in [1.807, 2.05) is 6.07 Å². The second-order valence-electron chi connectivity index (χ2n) is 5.98. The van der Waals surface area contributed by atoms with E-state index >= 15 is 0 Å². The highest BCUT2D eigenvalue weighted by molar-refractivity contribution is 5.33. The van der Waals surface area contributed by atoms with Crippen molar-refractivity contribution >= 4 is 0 Å². The fourth-order valence-corrected chi connectivity index (χ4v) is 3.28. The van der Waals surface area contributed by atoms with E-state index in [4.69, 9.17) is 4.74 Å². The summed E-state index contributed by atoms with van der Waals surface area (Å²) in [4.78, 5) is 0. The quantitative estimate of drug-likeness (QED) is 0.868. The van der Waals surface area contributed by atoms with Gasteiger partial charge in [0.1, 0.15) is 0 Å². The van der Waals surface area contributed by atoms with E-state index in [2.05, 4.69) is 18.2 Å². The zero-order valence-corrected chi connectivity index (χ0v) is 11.6. The van der Waals surface area contributed by atoms with Gasteiger partial charge in [-0.3, -0.25) is 0 Å². The third kappa shape index (κ3) is 3.01. The molecule has 1 aliphatic carbocycles. The van der Waals surface area contributed by atoms with Crippen molar-refractivity contribution in [1.82, 2.24) is 0 Å². The zero-order valence-electron chi connectivity index (χ0n) is 11.6. The van der Waals surface area contributed by atoms with Gasteiger partial charge >= 0.3 is 0 Å². The predicted octanol–water partition coefficient (Wildman–Crippen LogP) is 3.95. The summed E-state index contributed by atoms with van der Waals surface area (Å²) in [5, 5.41) is 10.5. The molecule has 0 amide bonds. The molecule has 19 heavy (non-hydrogen) atoms. The number of benzene rings is 1. The molecule has 1 aromatic carbocycles. The summed E-state index contributed by atoms with van der Waals surface area (Å²) < 4.78 is 5.64. The van der Waals surface area contributed by atoms with Gasteiger partial charge in [-0.2, -0.15) is 0 Å². The van der Waals surface area contributed by atoms with Gasteiger partial charge in [0, 0.05) is 6.61 Å². The Kier molecular flexibility index (Phi) is 4.19. The van der Waals surface area contributed by atoms with Crippen molar-refractivity contribution in [1.29, 1.82) is 0 Å². The molecule has 0 aromatic heterocycles. The fourth-order valence-electron chi connectivity index (χ4n) is 3.28. The summed E-state index contributed by atoms with van der Waals surface area (Å²) in [6.07, 6.45) is 8.13. The molecule has 104 valence electrons. The molecule has 0 radical (unpaired) electrons. The standard InChI is InChI=1S/C17H24O2/c18-17(11-10-14-7-4-12-19-14)16-9-2-1-8-15(16)13-5-3-6-13/h1-2,8-9,13-14,17-18H,3-7,10-12H2. The van der Waals surface area contributed by atoms with Crippen molar-refractivity contribution in [3.05, 3.63) is 35.4 Å². The van der Waals surface area contributed by atoms with Gasteiger partial charge in [-0.15, -0.1) is 0 Å². The Morgan fingerprint density at radius 2 is 2.00 bits per heavy atom. The molecule has 1 N–H and O–H groups in total. The largest absolute Gasteiger partial charge is 0.388 e. The predicted molar refractivity (Wildman–Crippen MR) is 76.2 cm³/mol. The summed E-state index contributed by atoms with van der Waals surface area (Å²) in [7, 11) is 0. The van der Waals surface area contributed by atoms with Crippen molar-refractivity contribution < 1.29 is 9.84 Å². The minimum absolute atomic E-state index is 0.319. The molecule has 0 bridgehead atoms. The van der Waals surface area contributed by atoms with Crippen LogP contribution in [0.2, 0.25) is 0 Å². The van der Waals surface area contributed by atoms with Gasteiger partial charge < -0.3 is 9.84 Å². The summed E-state index contributed by atoms with van der Waals surface area (Å²) >= 11 is 0. The molecule has 1 aliphatic heterocycles. The Labute approximate surface area is 115 Å². The van der Waals surface area contributed by atoms with Crippen molar-refractivity contribution in [2.24, 2.45) is 0 Å². The first-order valence-electron chi connectivity index (χ1n) is 7.73. The maximum Gasteiger partial charge on any atom is 0.0793 e. The molecule has 2 nitrogen and oxygen atoms in total. The Bertz CT molecular complexity index is 405. The van der Waals surface area contributed by atoms with Gasteiger partial charge in [0.25, 0.3) is 0 Å². The lowest BCUT2D eigenvalue weighted by molar-refractivity contribution is 0.0808. The summed E-state index contributed by atoms with van der Waals surface area (Å²) in [6.45, 7) is 0.902. The molecule has 2 unspecified atom stereocenters. The lowest BCUT2D eigenvalue weighted by Gasteiger charge is -2.29. The topological polar surface area (TPSA) is 29.5 Å². The first-order valence-corrected chi connectivity index (χ1v) is 7.73. The minimum Gasteiger partial charge on any atom is -0.388 e. The molecule has 2 fully saturated rings. The molecular weight excluding hydrogens is 236 g/mol. The van der Waals surface area contributed by atoms with E-state index in [0.717, 1.165) is 31.4 Å². The number of hydrogen-bond acceptors (Lipinski definition) is 2. The van der Waals surface area contributed by atoms with Crippen molar-refractivity contribution in [3.63, 3.8) is 0 Å². The van der Waals surface area contributed by atoms with Crippen LogP contribution >= 0.6 is 0 Å². The van der Waals surface area contributed by atoms with Crippen LogP contribution in [-0.2, 0) is 4.74 Å². The SMILES string of the molecule is OC(CCC1CCCO1)c1ccccc1C1CCC1. The number of ether oxygens (including phenoxy) is 1. The molecule has 1 saturated carbocycles. The van der Waals surface area contributed by atoms with Crippen LogP contribution in [0.15, 0.2) is 24.3 Å². The minimum atomic E-state index is -0.319. The molecule has 2 atom stereocenters. The second-order valence-corrected chi connectivity index (χ2v) is 5.98. The molecule has 1 aromatic rings. The molecule has 2 heteroatoms. The number of hydrogen-bond donors (Lipinski definition) is 1. The van der Waals surface area contributed by atoms with Gasteiger partial charge in [0.05, 0.1) is 12.2 Å². The van der Waals surface area contributed by atoms with E-state index < -0.39 is 0 Å².